The topological polar surface area (TPSA) is 65.1 Å². The molecule has 16 heavy (non-hydrogen) atoms. The smallest absolute Gasteiger partial charge is 0.0918 e. The molecule has 90 valence electrons. The van der Waals surface area contributed by atoms with Gasteiger partial charge in [-0.2, -0.15) is 5.10 Å². The Balaban J connectivity index is 2.28. The lowest BCUT2D eigenvalue weighted by molar-refractivity contribution is -0.102. The van der Waals surface area contributed by atoms with E-state index < -0.39 is 0 Å². The van der Waals surface area contributed by atoms with Crippen LogP contribution in [-0.2, 0) is 11.3 Å². The summed E-state index contributed by atoms with van der Waals surface area (Å²) < 4.78 is 7.63. The van der Waals surface area contributed by atoms with Gasteiger partial charge in [0.1, 0.15) is 0 Å². The van der Waals surface area contributed by atoms with Crippen molar-refractivity contribution in [2.75, 3.05) is 7.11 Å². The van der Waals surface area contributed by atoms with Crippen molar-refractivity contribution in [1.29, 1.82) is 0 Å². The first kappa shape index (κ1) is 11.6. The van der Waals surface area contributed by atoms with Crippen molar-refractivity contribution in [2.45, 2.75) is 44.4 Å². The fourth-order valence-corrected chi connectivity index (χ4v) is 2.50. The maximum absolute atomic E-state index is 5.69. The van der Waals surface area contributed by atoms with Crippen LogP contribution in [0.25, 0.3) is 0 Å². The molecular formula is C11H20N4O. The Labute approximate surface area is 95.9 Å². The number of nitrogens with one attached hydrogen (secondary N) is 1. The van der Waals surface area contributed by atoms with Gasteiger partial charge in [-0.05, 0) is 32.3 Å². The van der Waals surface area contributed by atoms with E-state index in [0.717, 1.165) is 25.1 Å². The van der Waals surface area contributed by atoms with E-state index in [2.05, 4.69) is 17.4 Å². The number of nitrogens with two attached hydrogens (primary N) is 1. The van der Waals surface area contributed by atoms with Crippen LogP contribution in [0.15, 0.2) is 12.3 Å². The molecule has 5 nitrogen and oxygen atoms in total. The molecule has 1 aromatic rings. The van der Waals surface area contributed by atoms with Crippen LogP contribution in [0.1, 0.15) is 37.9 Å². The van der Waals surface area contributed by atoms with Gasteiger partial charge < -0.3 is 4.74 Å². The van der Waals surface area contributed by atoms with Gasteiger partial charge in [-0.3, -0.25) is 10.5 Å². The summed E-state index contributed by atoms with van der Waals surface area (Å²) in [6.07, 6.45) is 5.11. The van der Waals surface area contributed by atoms with E-state index >= 15 is 0 Å². The molecule has 2 rings (SSSR count). The van der Waals surface area contributed by atoms with E-state index in [0.29, 0.717) is 0 Å². The molecule has 5 heteroatoms. The molecule has 1 aliphatic rings. The molecule has 3 N–H and O–H groups in total. The van der Waals surface area contributed by atoms with E-state index in [9.17, 15) is 0 Å². The second kappa shape index (κ2) is 4.53. The van der Waals surface area contributed by atoms with Crippen molar-refractivity contribution in [1.82, 2.24) is 15.2 Å². The number of aryl methyl sites for hydroxylation is 1. The Morgan fingerprint density at radius 1 is 1.69 bits per heavy atom. The molecule has 0 bridgehead atoms. The predicted octanol–water partition coefficient (Wildman–Crippen LogP) is 0.976. The Hall–Kier alpha value is -0.910. The summed E-state index contributed by atoms with van der Waals surface area (Å²) in [6.45, 7) is 2.92. The van der Waals surface area contributed by atoms with Crippen molar-refractivity contribution in [2.24, 2.45) is 5.84 Å². The number of methoxy groups -OCH3 is 1. The quantitative estimate of drug-likeness (QED) is 0.578. The zero-order chi connectivity index (χ0) is 11.6. The minimum Gasteiger partial charge on any atom is -0.376 e. The number of nitrogens with zero attached hydrogens (tertiary/aromatic N) is 2. The zero-order valence-electron chi connectivity index (χ0n) is 9.94. The van der Waals surface area contributed by atoms with Crippen LogP contribution < -0.4 is 11.3 Å². The number of aromatic nitrogens is 2. The third-order valence-corrected chi connectivity index (χ3v) is 3.64. The van der Waals surface area contributed by atoms with Crippen LogP contribution in [0.4, 0.5) is 0 Å². The van der Waals surface area contributed by atoms with Gasteiger partial charge in [0.15, 0.2) is 0 Å². The molecule has 0 aliphatic heterocycles. The van der Waals surface area contributed by atoms with Crippen molar-refractivity contribution < 1.29 is 4.74 Å². The van der Waals surface area contributed by atoms with Crippen molar-refractivity contribution in [3.8, 4) is 0 Å². The summed E-state index contributed by atoms with van der Waals surface area (Å²) in [5, 5.41) is 4.28. The molecule has 1 unspecified atom stereocenters. The van der Waals surface area contributed by atoms with Gasteiger partial charge in [0.05, 0.1) is 17.3 Å². The molecule has 0 aromatic carbocycles. The van der Waals surface area contributed by atoms with Gasteiger partial charge >= 0.3 is 0 Å². The van der Waals surface area contributed by atoms with Gasteiger partial charge in [0.25, 0.3) is 0 Å². The number of rotatable bonds is 5. The van der Waals surface area contributed by atoms with E-state index in [1.54, 1.807) is 7.11 Å². The van der Waals surface area contributed by atoms with Crippen LogP contribution in [0.3, 0.4) is 0 Å². The molecule has 0 radical (unpaired) electrons. The largest absolute Gasteiger partial charge is 0.376 e. The minimum absolute atomic E-state index is 0.0219. The van der Waals surface area contributed by atoms with Crippen LogP contribution >= 0.6 is 0 Å². The first-order valence-corrected chi connectivity index (χ1v) is 5.80. The minimum atomic E-state index is -0.151. The predicted molar refractivity (Wildman–Crippen MR) is 61.6 cm³/mol. The van der Waals surface area contributed by atoms with E-state index in [1.165, 1.54) is 6.42 Å². The second-order valence-corrected chi connectivity index (χ2v) is 4.29. The standard InChI is InChI=1S/C11H20N4O/c1-3-15-9(5-8-13-15)10(14-12)11(16-2)6-4-7-11/h5,8,10,14H,3-4,6-7,12H2,1-2H3. The van der Waals surface area contributed by atoms with Crippen molar-refractivity contribution in [3.63, 3.8) is 0 Å². The highest BCUT2D eigenvalue weighted by molar-refractivity contribution is 5.15. The zero-order valence-corrected chi connectivity index (χ0v) is 9.94. The first-order valence-electron chi connectivity index (χ1n) is 5.80. The number of ether oxygens (including phenoxy) is 1. The number of hydrogen-bond donors (Lipinski definition) is 2. The summed E-state index contributed by atoms with van der Waals surface area (Å²) in [7, 11) is 1.76. The summed E-state index contributed by atoms with van der Waals surface area (Å²) in [6, 6.07) is 2.03. The van der Waals surface area contributed by atoms with Gasteiger partial charge in [0.2, 0.25) is 0 Å². The van der Waals surface area contributed by atoms with E-state index in [4.69, 9.17) is 10.6 Å². The van der Waals surface area contributed by atoms with Crippen LogP contribution in [-0.4, -0.2) is 22.5 Å². The fraction of sp³-hybridized carbons (Fsp3) is 0.727. The lowest BCUT2D eigenvalue weighted by Crippen LogP contribution is -2.53. The molecule has 1 atom stereocenters. The highest BCUT2D eigenvalue weighted by Crippen LogP contribution is 2.44. The van der Waals surface area contributed by atoms with Crippen LogP contribution in [0.2, 0.25) is 0 Å². The van der Waals surface area contributed by atoms with Gasteiger partial charge in [0, 0.05) is 19.9 Å². The summed E-state index contributed by atoms with van der Waals surface area (Å²) >= 11 is 0. The number of hydrazine groups is 1. The second-order valence-electron chi connectivity index (χ2n) is 4.29. The molecular weight excluding hydrogens is 204 g/mol. The summed E-state index contributed by atoms with van der Waals surface area (Å²) in [5.41, 5.74) is 3.84. The Morgan fingerprint density at radius 3 is 2.88 bits per heavy atom. The van der Waals surface area contributed by atoms with Crippen LogP contribution in [0, 0.1) is 0 Å². The highest BCUT2D eigenvalue weighted by atomic mass is 16.5. The molecule has 1 aliphatic carbocycles. The average Bonchev–Trinajstić information content (AvgIpc) is 2.70. The molecule has 1 fully saturated rings. The third-order valence-electron chi connectivity index (χ3n) is 3.64. The lowest BCUT2D eigenvalue weighted by Gasteiger charge is -2.46. The first-order chi connectivity index (χ1) is 7.77. The summed E-state index contributed by atoms with van der Waals surface area (Å²) in [5.74, 6) is 5.69. The van der Waals surface area contributed by atoms with E-state index in [-0.39, 0.29) is 11.6 Å². The monoisotopic (exact) mass is 224 g/mol. The summed E-state index contributed by atoms with van der Waals surface area (Å²) in [4.78, 5) is 0. The number of hydrogen-bond acceptors (Lipinski definition) is 4. The molecule has 1 heterocycles. The van der Waals surface area contributed by atoms with Crippen molar-refractivity contribution in [3.05, 3.63) is 18.0 Å². The normalized spacial score (nSPS) is 20.4. The molecule has 0 amide bonds. The third kappa shape index (κ3) is 1.65. The van der Waals surface area contributed by atoms with E-state index in [1.807, 2.05) is 16.9 Å². The average molecular weight is 224 g/mol. The van der Waals surface area contributed by atoms with Crippen molar-refractivity contribution >= 4 is 0 Å². The molecule has 0 spiro atoms. The fourth-order valence-electron chi connectivity index (χ4n) is 2.50. The Bertz CT molecular complexity index is 340. The highest BCUT2D eigenvalue weighted by Gasteiger charge is 2.46. The SMILES string of the molecule is CCn1nccc1C(NN)C1(OC)CCC1. The van der Waals surface area contributed by atoms with Crippen LogP contribution in [0.5, 0.6) is 0 Å². The van der Waals surface area contributed by atoms with Gasteiger partial charge in [-0.25, -0.2) is 5.43 Å². The van der Waals surface area contributed by atoms with Gasteiger partial charge in [-0.1, -0.05) is 0 Å². The molecule has 0 saturated heterocycles. The maximum Gasteiger partial charge on any atom is 0.0918 e. The Kier molecular flexibility index (Phi) is 3.28. The molecule has 1 saturated carbocycles. The maximum atomic E-state index is 5.69. The van der Waals surface area contributed by atoms with Gasteiger partial charge in [-0.15, -0.1) is 0 Å². The Morgan fingerprint density at radius 2 is 2.44 bits per heavy atom. The lowest BCUT2D eigenvalue weighted by atomic mass is 9.73. The molecule has 1 aromatic heterocycles.